The van der Waals surface area contributed by atoms with Gasteiger partial charge in [-0.3, -0.25) is 4.79 Å². The van der Waals surface area contributed by atoms with E-state index in [4.69, 9.17) is 14.2 Å². The zero-order valence-electron chi connectivity index (χ0n) is 16.7. The van der Waals surface area contributed by atoms with Crippen LogP contribution in [-0.4, -0.2) is 70.3 Å². The number of alkyl halides is 1. The van der Waals surface area contributed by atoms with Crippen molar-refractivity contribution in [2.24, 2.45) is 5.41 Å². The SMILES string of the molecule is CC(C)NCCOCCOCCOC(C)C(F)CNC(=O)C(C)(C)C. The van der Waals surface area contributed by atoms with Crippen molar-refractivity contribution in [1.29, 1.82) is 0 Å². The lowest BCUT2D eigenvalue weighted by molar-refractivity contribution is -0.129. The third-order valence-corrected chi connectivity index (χ3v) is 3.43. The monoisotopic (exact) mass is 364 g/mol. The molecule has 0 spiro atoms. The van der Waals surface area contributed by atoms with E-state index in [0.717, 1.165) is 6.54 Å². The normalized spacial score (nSPS) is 14.6. The van der Waals surface area contributed by atoms with E-state index >= 15 is 0 Å². The van der Waals surface area contributed by atoms with Crippen LogP contribution in [0.15, 0.2) is 0 Å². The molecule has 0 radical (unpaired) electrons. The van der Waals surface area contributed by atoms with Gasteiger partial charge in [-0.1, -0.05) is 34.6 Å². The van der Waals surface area contributed by atoms with E-state index in [9.17, 15) is 9.18 Å². The molecule has 7 heteroatoms. The summed E-state index contributed by atoms with van der Waals surface area (Å²) in [4.78, 5) is 11.7. The molecule has 0 bridgehead atoms. The number of rotatable bonds is 14. The van der Waals surface area contributed by atoms with Gasteiger partial charge < -0.3 is 24.8 Å². The number of carbonyl (C=O) groups is 1. The van der Waals surface area contributed by atoms with Gasteiger partial charge in [0.05, 0.1) is 45.7 Å². The molecule has 2 unspecified atom stereocenters. The van der Waals surface area contributed by atoms with E-state index in [1.807, 2.05) is 0 Å². The Hall–Kier alpha value is -0.760. The summed E-state index contributed by atoms with van der Waals surface area (Å²) in [7, 11) is 0. The summed E-state index contributed by atoms with van der Waals surface area (Å²) in [5.41, 5.74) is -0.523. The highest BCUT2D eigenvalue weighted by Crippen LogP contribution is 2.12. The van der Waals surface area contributed by atoms with E-state index in [0.29, 0.717) is 39.1 Å². The van der Waals surface area contributed by atoms with Gasteiger partial charge in [0.2, 0.25) is 5.91 Å². The molecule has 0 aromatic heterocycles. The van der Waals surface area contributed by atoms with Crippen molar-refractivity contribution in [2.45, 2.75) is 59.9 Å². The van der Waals surface area contributed by atoms with E-state index in [1.165, 1.54) is 0 Å². The number of nitrogens with one attached hydrogen (secondary N) is 2. The third-order valence-electron chi connectivity index (χ3n) is 3.43. The van der Waals surface area contributed by atoms with Crippen molar-refractivity contribution in [3.05, 3.63) is 0 Å². The Morgan fingerprint density at radius 2 is 1.56 bits per heavy atom. The van der Waals surface area contributed by atoms with Crippen LogP contribution >= 0.6 is 0 Å². The maximum atomic E-state index is 13.9. The fraction of sp³-hybridized carbons (Fsp3) is 0.944. The number of carbonyl (C=O) groups excluding carboxylic acids is 1. The maximum absolute atomic E-state index is 13.9. The molecular formula is C18H37FN2O4. The number of hydrogen-bond acceptors (Lipinski definition) is 5. The van der Waals surface area contributed by atoms with Crippen LogP contribution in [0.3, 0.4) is 0 Å². The number of ether oxygens (including phenoxy) is 3. The van der Waals surface area contributed by atoms with Gasteiger partial charge in [-0.2, -0.15) is 0 Å². The second-order valence-corrected chi connectivity index (χ2v) is 7.39. The van der Waals surface area contributed by atoms with Gasteiger partial charge in [0.25, 0.3) is 0 Å². The van der Waals surface area contributed by atoms with Gasteiger partial charge in [0.1, 0.15) is 6.17 Å². The summed E-state index contributed by atoms with van der Waals surface area (Å²) in [5.74, 6) is -0.172. The molecule has 0 aliphatic heterocycles. The first kappa shape index (κ1) is 24.2. The van der Waals surface area contributed by atoms with Gasteiger partial charge in [-0.05, 0) is 6.92 Å². The van der Waals surface area contributed by atoms with E-state index in [-0.39, 0.29) is 12.5 Å². The van der Waals surface area contributed by atoms with E-state index in [1.54, 1.807) is 27.7 Å². The van der Waals surface area contributed by atoms with Crippen LogP contribution in [-0.2, 0) is 19.0 Å². The Morgan fingerprint density at radius 3 is 2.12 bits per heavy atom. The Balaban J connectivity index is 3.54. The molecule has 0 aliphatic carbocycles. The van der Waals surface area contributed by atoms with Crippen molar-refractivity contribution >= 4 is 5.91 Å². The van der Waals surface area contributed by atoms with Crippen LogP contribution < -0.4 is 10.6 Å². The summed E-state index contributed by atoms with van der Waals surface area (Å²) in [6.07, 6.45) is -1.84. The first-order chi connectivity index (χ1) is 11.6. The molecule has 2 N–H and O–H groups in total. The van der Waals surface area contributed by atoms with E-state index in [2.05, 4.69) is 24.5 Å². The standard InChI is InChI=1S/C18H37FN2O4/c1-14(2)20-7-8-23-9-10-24-11-12-25-15(3)16(19)13-21-17(22)18(4,5)6/h14-16,20H,7-13H2,1-6H3,(H,21,22). The van der Waals surface area contributed by atoms with Crippen LogP contribution in [0.2, 0.25) is 0 Å². The molecule has 0 heterocycles. The molecule has 0 fully saturated rings. The minimum atomic E-state index is -1.25. The van der Waals surface area contributed by atoms with Gasteiger partial charge >= 0.3 is 0 Å². The summed E-state index contributed by atoms with van der Waals surface area (Å²) >= 11 is 0. The van der Waals surface area contributed by atoms with Crippen LogP contribution in [0, 0.1) is 5.41 Å². The average molecular weight is 365 g/mol. The summed E-state index contributed by atoms with van der Waals surface area (Å²) in [6, 6.07) is 0.458. The van der Waals surface area contributed by atoms with Crippen molar-refractivity contribution in [3.63, 3.8) is 0 Å². The van der Waals surface area contributed by atoms with Crippen molar-refractivity contribution in [1.82, 2.24) is 10.6 Å². The molecular weight excluding hydrogens is 327 g/mol. The second-order valence-electron chi connectivity index (χ2n) is 7.39. The summed E-state index contributed by atoms with van der Waals surface area (Å²) in [5, 5.41) is 5.86. The van der Waals surface area contributed by atoms with Crippen LogP contribution in [0.4, 0.5) is 4.39 Å². The summed E-state index contributed by atoms with van der Waals surface area (Å²) < 4.78 is 30.1. The molecule has 6 nitrogen and oxygen atoms in total. The first-order valence-electron chi connectivity index (χ1n) is 9.07. The Labute approximate surface area is 152 Å². The molecule has 0 aromatic rings. The molecule has 25 heavy (non-hydrogen) atoms. The molecule has 0 saturated heterocycles. The Morgan fingerprint density at radius 1 is 1.00 bits per heavy atom. The quantitative estimate of drug-likeness (QED) is 0.461. The first-order valence-corrected chi connectivity index (χ1v) is 9.07. The number of halogens is 1. The maximum Gasteiger partial charge on any atom is 0.225 e. The summed E-state index contributed by atoms with van der Waals surface area (Å²) in [6.45, 7) is 14.3. The predicted octanol–water partition coefficient (Wildman–Crippen LogP) is 1.92. The zero-order chi connectivity index (χ0) is 19.3. The molecule has 0 aromatic carbocycles. The molecule has 0 aliphatic rings. The highest BCUT2D eigenvalue weighted by Gasteiger charge is 2.23. The van der Waals surface area contributed by atoms with Gasteiger partial charge in [-0.15, -0.1) is 0 Å². The Bertz CT molecular complexity index is 348. The topological polar surface area (TPSA) is 68.8 Å². The molecule has 150 valence electrons. The van der Waals surface area contributed by atoms with Gasteiger partial charge in [0.15, 0.2) is 0 Å². The fourth-order valence-electron chi connectivity index (χ4n) is 1.76. The molecule has 1 amide bonds. The third kappa shape index (κ3) is 14.1. The zero-order valence-corrected chi connectivity index (χ0v) is 16.7. The van der Waals surface area contributed by atoms with Gasteiger partial charge in [-0.25, -0.2) is 4.39 Å². The molecule has 0 rings (SSSR count). The van der Waals surface area contributed by atoms with Crippen molar-refractivity contribution in [2.75, 3.05) is 46.1 Å². The minimum absolute atomic E-state index is 0.0453. The van der Waals surface area contributed by atoms with Gasteiger partial charge in [0, 0.05) is 18.0 Å². The van der Waals surface area contributed by atoms with Crippen LogP contribution in [0.25, 0.3) is 0 Å². The average Bonchev–Trinajstić information content (AvgIpc) is 2.52. The fourth-order valence-corrected chi connectivity index (χ4v) is 1.76. The highest BCUT2D eigenvalue weighted by atomic mass is 19.1. The largest absolute Gasteiger partial charge is 0.378 e. The van der Waals surface area contributed by atoms with Crippen molar-refractivity contribution in [3.8, 4) is 0 Å². The molecule has 0 saturated carbocycles. The van der Waals surface area contributed by atoms with Crippen LogP contribution in [0.5, 0.6) is 0 Å². The number of hydrogen-bond donors (Lipinski definition) is 2. The highest BCUT2D eigenvalue weighted by molar-refractivity contribution is 5.81. The molecule has 2 atom stereocenters. The number of amides is 1. The van der Waals surface area contributed by atoms with Crippen molar-refractivity contribution < 1.29 is 23.4 Å². The Kier molecular flexibility index (Phi) is 13.0. The smallest absolute Gasteiger partial charge is 0.225 e. The lowest BCUT2D eigenvalue weighted by Gasteiger charge is -2.21. The second kappa shape index (κ2) is 13.4. The van der Waals surface area contributed by atoms with Crippen LogP contribution in [0.1, 0.15) is 41.5 Å². The van der Waals surface area contributed by atoms with E-state index < -0.39 is 17.7 Å². The minimum Gasteiger partial charge on any atom is -0.378 e. The lowest BCUT2D eigenvalue weighted by Crippen LogP contribution is -2.41. The lowest BCUT2D eigenvalue weighted by atomic mass is 9.95. The predicted molar refractivity (Wildman–Crippen MR) is 97.6 cm³/mol.